The quantitative estimate of drug-likeness (QED) is 0.936. The zero-order valence-corrected chi connectivity index (χ0v) is 13.1. The van der Waals surface area contributed by atoms with Crippen LogP contribution in [0.5, 0.6) is 0 Å². The molecule has 0 aliphatic carbocycles. The highest BCUT2D eigenvalue weighted by molar-refractivity contribution is 5.97. The molecule has 1 amide bonds. The fourth-order valence-electron chi connectivity index (χ4n) is 2.33. The molecule has 0 spiro atoms. The SMILES string of the molecule is CCc1ccc(CN(C)C(=O)c2c(N)c(C)nn2C)cc1. The molecule has 0 fully saturated rings. The second-order valence-corrected chi connectivity index (χ2v) is 5.30. The van der Waals surface area contributed by atoms with Gasteiger partial charge in [0.1, 0.15) is 5.69 Å². The third kappa shape index (κ3) is 3.07. The summed E-state index contributed by atoms with van der Waals surface area (Å²) in [5.41, 5.74) is 9.91. The van der Waals surface area contributed by atoms with E-state index in [1.165, 1.54) is 5.56 Å². The summed E-state index contributed by atoms with van der Waals surface area (Å²) < 4.78 is 1.55. The molecule has 0 radical (unpaired) electrons. The van der Waals surface area contributed by atoms with Gasteiger partial charge in [-0.1, -0.05) is 31.2 Å². The average Bonchev–Trinajstić information content (AvgIpc) is 2.72. The van der Waals surface area contributed by atoms with Crippen LogP contribution < -0.4 is 5.73 Å². The maximum absolute atomic E-state index is 12.5. The van der Waals surface area contributed by atoms with E-state index in [9.17, 15) is 4.79 Å². The van der Waals surface area contributed by atoms with Gasteiger partial charge in [0.2, 0.25) is 0 Å². The van der Waals surface area contributed by atoms with Gasteiger partial charge in [-0.25, -0.2) is 0 Å². The number of aryl methyl sites for hydroxylation is 3. The lowest BCUT2D eigenvalue weighted by Crippen LogP contribution is -2.28. The zero-order valence-electron chi connectivity index (χ0n) is 13.1. The molecule has 5 heteroatoms. The minimum Gasteiger partial charge on any atom is -0.395 e. The normalized spacial score (nSPS) is 10.7. The van der Waals surface area contributed by atoms with E-state index in [0.29, 0.717) is 23.6 Å². The number of aromatic nitrogens is 2. The van der Waals surface area contributed by atoms with Crippen LogP contribution in [0.15, 0.2) is 24.3 Å². The maximum atomic E-state index is 12.5. The molecule has 5 nitrogen and oxygen atoms in total. The molecular formula is C16H22N4O. The van der Waals surface area contributed by atoms with Gasteiger partial charge in [-0.15, -0.1) is 0 Å². The van der Waals surface area contributed by atoms with Gasteiger partial charge in [-0.3, -0.25) is 9.48 Å². The second kappa shape index (κ2) is 5.99. The standard InChI is InChI=1S/C16H22N4O/c1-5-12-6-8-13(9-7-12)10-19(3)16(21)15-14(17)11(2)18-20(15)4/h6-9H,5,10,17H2,1-4H3. The van der Waals surface area contributed by atoms with Crippen molar-refractivity contribution in [2.75, 3.05) is 12.8 Å². The van der Waals surface area contributed by atoms with Crippen molar-refractivity contribution in [3.05, 3.63) is 46.8 Å². The van der Waals surface area contributed by atoms with E-state index < -0.39 is 0 Å². The van der Waals surface area contributed by atoms with Gasteiger partial charge in [-0.05, 0) is 24.5 Å². The first kappa shape index (κ1) is 15.1. The molecule has 0 saturated carbocycles. The summed E-state index contributed by atoms with van der Waals surface area (Å²) in [5, 5.41) is 4.19. The van der Waals surface area contributed by atoms with Gasteiger partial charge in [0.25, 0.3) is 5.91 Å². The first-order valence-corrected chi connectivity index (χ1v) is 7.06. The lowest BCUT2D eigenvalue weighted by molar-refractivity contribution is 0.0775. The van der Waals surface area contributed by atoms with Gasteiger partial charge >= 0.3 is 0 Å². The Balaban J connectivity index is 2.15. The van der Waals surface area contributed by atoms with Crippen LogP contribution in [0.4, 0.5) is 5.69 Å². The number of carbonyl (C=O) groups excluding carboxylic acids is 1. The van der Waals surface area contributed by atoms with Crippen molar-refractivity contribution in [2.24, 2.45) is 7.05 Å². The molecule has 0 saturated heterocycles. The van der Waals surface area contributed by atoms with E-state index >= 15 is 0 Å². The molecule has 0 aliphatic rings. The van der Waals surface area contributed by atoms with E-state index in [2.05, 4.69) is 36.3 Å². The number of anilines is 1. The number of amides is 1. The van der Waals surface area contributed by atoms with Crippen molar-refractivity contribution >= 4 is 11.6 Å². The fourth-order valence-corrected chi connectivity index (χ4v) is 2.33. The number of carbonyl (C=O) groups is 1. The number of hydrogen-bond acceptors (Lipinski definition) is 3. The molecule has 0 unspecified atom stereocenters. The molecular weight excluding hydrogens is 264 g/mol. The van der Waals surface area contributed by atoms with E-state index in [0.717, 1.165) is 12.0 Å². The summed E-state index contributed by atoms with van der Waals surface area (Å²) in [6.07, 6.45) is 1.01. The molecule has 0 aliphatic heterocycles. The Hall–Kier alpha value is -2.30. The van der Waals surface area contributed by atoms with E-state index in [1.54, 1.807) is 30.6 Å². The van der Waals surface area contributed by atoms with Crippen LogP contribution in [-0.2, 0) is 20.0 Å². The molecule has 112 valence electrons. The Morgan fingerprint density at radius 2 is 1.86 bits per heavy atom. The van der Waals surface area contributed by atoms with E-state index in [-0.39, 0.29) is 5.91 Å². The number of rotatable bonds is 4. The van der Waals surface area contributed by atoms with Gasteiger partial charge in [0.15, 0.2) is 0 Å². The first-order valence-electron chi connectivity index (χ1n) is 7.06. The van der Waals surface area contributed by atoms with Crippen molar-refractivity contribution in [1.82, 2.24) is 14.7 Å². The Morgan fingerprint density at radius 3 is 2.33 bits per heavy atom. The number of hydrogen-bond donors (Lipinski definition) is 1. The van der Waals surface area contributed by atoms with Crippen LogP contribution in [0.25, 0.3) is 0 Å². The Kier molecular flexibility index (Phi) is 4.31. The van der Waals surface area contributed by atoms with Crippen molar-refractivity contribution in [3.63, 3.8) is 0 Å². The molecule has 21 heavy (non-hydrogen) atoms. The predicted molar refractivity (Wildman–Crippen MR) is 84.0 cm³/mol. The number of nitrogens with two attached hydrogens (primary N) is 1. The van der Waals surface area contributed by atoms with Crippen LogP contribution in [-0.4, -0.2) is 27.6 Å². The van der Waals surface area contributed by atoms with E-state index in [4.69, 9.17) is 5.73 Å². The van der Waals surface area contributed by atoms with Gasteiger partial charge in [0, 0.05) is 20.6 Å². The van der Waals surface area contributed by atoms with Gasteiger partial charge in [0.05, 0.1) is 11.4 Å². The summed E-state index contributed by atoms with van der Waals surface area (Å²) >= 11 is 0. The Bertz CT molecular complexity index is 643. The van der Waals surface area contributed by atoms with Crippen molar-refractivity contribution < 1.29 is 4.79 Å². The van der Waals surface area contributed by atoms with Crippen LogP contribution in [0.3, 0.4) is 0 Å². The number of benzene rings is 1. The third-order valence-electron chi connectivity index (χ3n) is 3.67. The topological polar surface area (TPSA) is 64.2 Å². The molecule has 2 aromatic rings. The summed E-state index contributed by atoms with van der Waals surface area (Å²) in [6, 6.07) is 8.30. The van der Waals surface area contributed by atoms with Gasteiger partial charge < -0.3 is 10.6 Å². The monoisotopic (exact) mass is 286 g/mol. The summed E-state index contributed by atoms with van der Waals surface area (Å²) in [4.78, 5) is 14.2. The van der Waals surface area contributed by atoms with Gasteiger partial charge in [-0.2, -0.15) is 5.10 Å². The van der Waals surface area contributed by atoms with Crippen LogP contribution in [0.2, 0.25) is 0 Å². The average molecular weight is 286 g/mol. The highest BCUT2D eigenvalue weighted by Gasteiger charge is 2.21. The largest absolute Gasteiger partial charge is 0.395 e. The zero-order chi connectivity index (χ0) is 15.6. The fraction of sp³-hybridized carbons (Fsp3) is 0.375. The van der Waals surface area contributed by atoms with Crippen LogP contribution in [0.1, 0.15) is 34.2 Å². The van der Waals surface area contributed by atoms with Crippen molar-refractivity contribution in [3.8, 4) is 0 Å². The second-order valence-electron chi connectivity index (χ2n) is 5.30. The molecule has 2 rings (SSSR count). The lowest BCUT2D eigenvalue weighted by Gasteiger charge is -2.18. The predicted octanol–water partition coefficient (Wildman–Crippen LogP) is 2.15. The molecule has 2 N–H and O–H groups in total. The minimum atomic E-state index is -0.116. The third-order valence-corrected chi connectivity index (χ3v) is 3.67. The smallest absolute Gasteiger partial charge is 0.274 e. The minimum absolute atomic E-state index is 0.116. The van der Waals surface area contributed by atoms with E-state index in [1.807, 2.05) is 0 Å². The lowest BCUT2D eigenvalue weighted by atomic mass is 10.1. The summed E-state index contributed by atoms with van der Waals surface area (Å²) in [7, 11) is 3.51. The van der Waals surface area contributed by atoms with Crippen LogP contribution >= 0.6 is 0 Å². The maximum Gasteiger partial charge on any atom is 0.274 e. The van der Waals surface area contributed by atoms with Crippen molar-refractivity contribution in [1.29, 1.82) is 0 Å². The summed E-state index contributed by atoms with van der Waals surface area (Å²) in [5.74, 6) is -0.116. The highest BCUT2D eigenvalue weighted by Crippen LogP contribution is 2.18. The summed E-state index contributed by atoms with van der Waals surface area (Å²) in [6.45, 7) is 4.47. The highest BCUT2D eigenvalue weighted by atomic mass is 16.2. The number of nitrogens with zero attached hydrogens (tertiary/aromatic N) is 3. The Morgan fingerprint density at radius 1 is 1.29 bits per heavy atom. The molecule has 1 aromatic carbocycles. The molecule has 0 bridgehead atoms. The number of nitrogen functional groups attached to an aromatic ring is 1. The molecule has 1 aromatic heterocycles. The Labute approximate surface area is 125 Å². The van der Waals surface area contributed by atoms with Crippen LogP contribution in [0, 0.1) is 6.92 Å². The van der Waals surface area contributed by atoms with Crippen molar-refractivity contribution in [2.45, 2.75) is 26.8 Å². The molecule has 0 atom stereocenters. The molecule has 1 heterocycles. The first-order chi connectivity index (χ1) is 9.93.